The summed E-state index contributed by atoms with van der Waals surface area (Å²) in [6.07, 6.45) is 9.21. The summed E-state index contributed by atoms with van der Waals surface area (Å²) in [4.78, 5) is 19.0. The summed E-state index contributed by atoms with van der Waals surface area (Å²) < 4.78 is 2.19. The van der Waals surface area contributed by atoms with Gasteiger partial charge in [0.25, 0.3) is 0 Å². The van der Waals surface area contributed by atoms with E-state index in [1.54, 1.807) is 6.20 Å². The SMILES string of the molecule is O=C1CCCc2c1ccn2CCc1ncc[nH]1. The zero-order valence-corrected chi connectivity index (χ0v) is 9.65. The number of nitrogens with zero attached hydrogens (tertiary/aromatic N) is 2. The largest absolute Gasteiger partial charge is 0.350 e. The lowest BCUT2D eigenvalue weighted by atomic mass is 9.97. The number of nitrogens with one attached hydrogen (secondary N) is 1. The maximum atomic E-state index is 11.7. The maximum absolute atomic E-state index is 11.7. The van der Waals surface area contributed by atoms with Gasteiger partial charge in [0.2, 0.25) is 0 Å². The molecule has 0 spiro atoms. The summed E-state index contributed by atoms with van der Waals surface area (Å²) in [5, 5.41) is 0. The van der Waals surface area contributed by atoms with Crippen LogP contribution in [0.2, 0.25) is 0 Å². The number of aromatic nitrogens is 3. The molecular weight excluding hydrogens is 214 g/mol. The second-order valence-corrected chi connectivity index (χ2v) is 4.43. The molecule has 0 fully saturated rings. The molecule has 0 atom stereocenters. The predicted octanol–water partition coefficient (Wildman–Crippen LogP) is 1.97. The molecule has 1 N–H and O–H groups in total. The van der Waals surface area contributed by atoms with Gasteiger partial charge in [0, 0.05) is 49.2 Å². The molecule has 0 radical (unpaired) electrons. The highest BCUT2D eigenvalue weighted by Gasteiger charge is 2.20. The van der Waals surface area contributed by atoms with Gasteiger partial charge in [-0.05, 0) is 18.9 Å². The van der Waals surface area contributed by atoms with Crippen LogP contribution in [0.5, 0.6) is 0 Å². The van der Waals surface area contributed by atoms with Gasteiger partial charge in [-0.25, -0.2) is 4.98 Å². The normalized spacial score (nSPS) is 14.9. The summed E-state index contributed by atoms with van der Waals surface area (Å²) >= 11 is 0. The Morgan fingerprint density at radius 2 is 2.35 bits per heavy atom. The highest BCUT2D eigenvalue weighted by molar-refractivity contribution is 5.98. The number of carbonyl (C=O) groups is 1. The average Bonchev–Trinajstić information content (AvgIpc) is 2.95. The standard InChI is InChI=1S/C13H15N3O/c17-12-3-1-2-11-10(12)4-8-16(11)9-5-13-14-6-7-15-13/h4,6-8H,1-3,5,9H2,(H,14,15). The molecule has 0 aliphatic heterocycles. The fourth-order valence-corrected chi connectivity index (χ4v) is 2.46. The van der Waals surface area contributed by atoms with Crippen LogP contribution in [0, 0.1) is 0 Å². The van der Waals surface area contributed by atoms with E-state index in [4.69, 9.17) is 0 Å². The van der Waals surface area contributed by atoms with Crippen LogP contribution in [0.4, 0.5) is 0 Å². The molecule has 0 bridgehead atoms. The lowest BCUT2D eigenvalue weighted by Gasteiger charge is -2.14. The minimum Gasteiger partial charge on any atom is -0.350 e. The molecule has 88 valence electrons. The van der Waals surface area contributed by atoms with Crippen LogP contribution in [0.3, 0.4) is 0 Å². The Labute approximate surface area is 99.7 Å². The molecule has 1 aliphatic rings. The number of aromatic amines is 1. The second kappa shape index (κ2) is 4.20. The van der Waals surface area contributed by atoms with E-state index in [-0.39, 0.29) is 0 Å². The smallest absolute Gasteiger partial charge is 0.164 e. The number of aryl methyl sites for hydroxylation is 2. The highest BCUT2D eigenvalue weighted by Crippen LogP contribution is 2.22. The molecule has 17 heavy (non-hydrogen) atoms. The molecule has 0 unspecified atom stereocenters. The Balaban J connectivity index is 1.78. The van der Waals surface area contributed by atoms with E-state index in [1.807, 2.05) is 18.5 Å². The fraction of sp³-hybridized carbons (Fsp3) is 0.385. The molecule has 0 amide bonds. The summed E-state index contributed by atoms with van der Waals surface area (Å²) in [5.41, 5.74) is 2.13. The van der Waals surface area contributed by atoms with Crippen LogP contribution in [0.15, 0.2) is 24.7 Å². The van der Waals surface area contributed by atoms with Crippen molar-refractivity contribution in [2.24, 2.45) is 0 Å². The monoisotopic (exact) mass is 229 g/mol. The third-order valence-corrected chi connectivity index (χ3v) is 3.34. The van der Waals surface area contributed by atoms with Gasteiger partial charge in [-0.15, -0.1) is 0 Å². The Morgan fingerprint density at radius 3 is 3.18 bits per heavy atom. The number of Topliss-reactive ketones (excluding diaryl/α,β-unsaturated/α-hetero) is 1. The van der Waals surface area contributed by atoms with E-state index < -0.39 is 0 Å². The number of ketones is 1. The van der Waals surface area contributed by atoms with Crippen LogP contribution in [-0.2, 0) is 19.4 Å². The van der Waals surface area contributed by atoms with Crippen molar-refractivity contribution >= 4 is 5.78 Å². The summed E-state index contributed by atoms with van der Waals surface area (Å²) in [5.74, 6) is 1.29. The van der Waals surface area contributed by atoms with Gasteiger partial charge < -0.3 is 9.55 Å². The van der Waals surface area contributed by atoms with Gasteiger partial charge in [0.1, 0.15) is 5.82 Å². The Kier molecular flexibility index (Phi) is 2.55. The van der Waals surface area contributed by atoms with Gasteiger partial charge in [-0.3, -0.25) is 4.79 Å². The molecule has 3 rings (SSSR count). The number of rotatable bonds is 3. The number of imidazole rings is 1. The summed E-state index contributed by atoms with van der Waals surface area (Å²) in [7, 11) is 0. The molecule has 0 saturated heterocycles. The topological polar surface area (TPSA) is 50.7 Å². The van der Waals surface area contributed by atoms with Crippen LogP contribution in [-0.4, -0.2) is 20.3 Å². The fourth-order valence-electron chi connectivity index (χ4n) is 2.46. The molecule has 4 heteroatoms. The van der Waals surface area contributed by atoms with Crippen molar-refractivity contribution < 1.29 is 4.79 Å². The Hall–Kier alpha value is -1.84. The third kappa shape index (κ3) is 1.90. The average molecular weight is 229 g/mol. The summed E-state index contributed by atoms with van der Waals surface area (Å²) in [6.45, 7) is 0.885. The highest BCUT2D eigenvalue weighted by atomic mass is 16.1. The lowest BCUT2D eigenvalue weighted by Crippen LogP contribution is -2.14. The molecule has 2 heterocycles. The van der Waals surface area contributed by atoms with E-state index in [0.717, 1.165) is 37.2 Å². The maximum Gasteiger partial charge on any atom is 0.164 e. The number of hydrogen-bond acceptors (Lipinski definition) is 2. The van der Waals surface area contributed by atoms with Gasteiger partial charge in [0.05, 0.1) is 0 Å². The van der Waals surface area contributed by atoms with Crippen molar-refractivity contribution in [3.63, 3.8) is 0 Å². The van der Waals surface area contributed by atoms with E-state index in [2.05, 4.69) is 14.5 Å². The first kappa shape index (κ1) is 10.3. The first-order valence-electron chi connectivity index (χ1n) is 6.04. The van der Waals surface area contributed by atoms with Crippen LogP contribution >= 0.6 is 0 Å². The van der Waals surface area contributed by atoms with Crippen molar-refractivity contribution in [2.45, 2.75) is 32.2 Å². The second-order valence-electron chi connectivity index (χ2n) is 4.43. The van der Waals surface area contributed by atoms with E-state index in [1.165, 1.54) is 5.69 Å². The van der Waals surface area contributed by atoms with Crippen molar-refractivity contribution in [2.75, 3.05) is 0 Å². The first-order chi connectivity index (χ1) is 8.34. The zero-order valence-electron chi connectivity index (χ0n) is 9.65. The van der Waals surface area contributed by atoms with Gasteiger partial charge >= 0.3 is 0 Å². The predicted molar refractivity (Wildman–Crippen MR) is 64.0 cm³/mol. The van der Waals surface area contributed by atoms with E-state index >= 15 is 0 Å². The number of carbonyl (C=O) groups excluding carboxylic acids is 1. The molecule has 0 aromatic carbocycles. The van der Waals surface area contributed by atoms with Crippen molar-refractivity contribution in [1.29, 1.82) is 0 Å². The van der Waals surface area contributed by atoms with Crippen LogP contribution < -0.4 is 0 Å². The Morgan fingerprint density at radius 1 is 1.41 bits per heavy atom. The van der Waals surface area contributed by atoms with Crippen LogP contribution in [0.1, 0.15) is 34.7 Å². The quantitative estimate of drug-likeness (QED) is 0.874. The van der Waals surface area contributed by atoms with Crippen molar-refractivity contribution in [3.05, 3.63) is 41.7 Å². The van der Waals surface area contributed by atoms with E-state index in [9.17, 15) is 4.79 Å². The lowest BCUT2D eigenvalue weighted by molar-refractivity contribution is 0.0972. The van der Waals surface area contributed by atoms with Gasteiger partial charge in [-0.1, -0.05) is 0 Å². The third-order valence-electron chi connectivity index (χ3n) is 3.34. The van der Waals surface area contributed by atoms with E-state index in [0.29, 0.717) is 12.2 Å². The molecule has 0 saturated carbocycles. The number of fused-ring (bicyclic) bond motifs is 1. The van der Waals surface area contributed by atoms with Crippen LogP contribution in [0.25, 0.3) is 0 Å². The molecule has 1 aliphatic carbocycles. The molecule has 2 aromatic rings. The first-order valence-corrected chi connectivity index (χ1v) is 6.04. The summed E-state index contributed by atoms with van der Waals surface area (Å²) in [6, 6.07) is 1.96. The minimum absolute atomic E-state index is 0.294. The zero-order chi connectivity index (χ0) is 11.7. The Bertz CT molecular complexity index is 525. The molecular formula is C13H15N3O. The number of hydrogen-bond donors (Lipinski definition) is 1. The minimum atomic E-state index is 0.294. The number of H-pyrrole nitrogens is 1. The molecule has 4 nitrogen and oxygen atoms in total. The van der Waals surface area contributed by atoms with Crippen molar-refractivity contribution in [1.82, 2.24) is 14.5 Å². The van der Waals surface area contributed by atoms with Gasteiger partial charge in [0.15, 0.2) is 5.78 Å². The van der Waals surface area contributed by atoms with Crippen molar-refractivity contribution in [3.8, 4) is 0 Å². The molecule has 2 aromatic heterocycles. The van der Waals surface area contributed by atoms with Gasteiger partial charge in [-0.2, -0.15) is 0 Å².